The molecule has 2 aromatic rings. The predicted molar refractivity (Wildman–Crippen MR) is 86.1 cm³/mol. The van der Waals surface area contributed by atoms with Crippen molar-refractivity contribution in [1.29, 1.82) is 0 Å². The number of nitrogens with one attached hydrogen (secondary N) is 1. The zero-order chi connectivity index (χ0) is 15.7. The largest absolute Gasteiger partial charge is 0.373 e. The molecule has 0 spiro atoms. The van der Waals surface area contributed by atoms with Gasteiger partial charge in [-0.3, -0.25) is 9.78 Å². The Hall–Kier alpha value is -2.02. The number of aromatic nitrogens is 3. The molecule has 7 heteroatoms. The first kappa shape index (κ1) is 14.9. The van der Waals surface area contributed by atoms with Crippen LogP contribution in [-0.2, 0) is 5.54 Å². The lowest BCUT2D eigenvalue weighted by Gasteiger charge is -2.33. The molecule has 116 valence electrons. The highest BCUT2D eigenvalue weighted by atomic mass is 32.1. The Labute approximate surface area is 133 Å². The molecule has 6 nitrogen and oxygen atoms in total. The molecule has 1 amide bonds. The Morgan fingerprint density at radius 2 is 2.27 bits per heavy atom. The standard InChI is InChI=1S/C15H19N5OS/c1-10-7-12(16-3)19-14(18-10)15(2)5-4-6-20(15)13(21)11-8-17-9-22-11/h7-9H,4-6H2,1-3H3,(H,16,18,19)/t15-/m1/s1. The highest BCUT2D eigenvalue weighted by Crippen LogP contribution is 2.38. The molecule has 3 rings (SSSR count). The van der Waals surface area contributed by atoms with E-state index in [1.54, 1.807) is 11.7 Å². The smallest absolute Gasteiger partial charge is 0.266 e. The van der Waals surface area contributed by atoms with Crippen molar-refractivity contribution in [3.8, 4) is 0 Å². The second-order valence-corrected chi connectivity index (χ2v) is 6.55. The molecular formula is C15H19N5OS. The summed E-state index contributed by atoms with van der Waals surface area (Å²) in [6.45, 7) is 4.71. The van der Waals surface area contributed by atoms with Crippen LogP contribution < -0.4 is 5.32 Å². The van der Waals surface area contributed by atoms with Crippen LogP contribution in [0.3, 0.4) is 0 Å². The van der Waals surface area contributed by atoms with Gasteiger partial charge in [0.1, 0.15) is 16.2 Å². The fraction of sp³-hybridized carbons (Fsp3) is 0.467. The normalized spacial score (nSPS) is 21.1. The van der Waals surface area contributed by atoms with Gasteiger partial charge in [0.15, 0.2) is 5.82 Å². The lowest BCUT2D eigenvalue weighted by molar-refractivity contribution is 0.0608. The van der Waals surface area contributed by atoms with Crippen LogP contribution in [0.1, 0.15) is 41.0 Å². The highest BCUT2D eigenvalue weighted by Gasteiger charge is 2.44. The molecule has 0 unspecified atom stereocenters. The first-order chi connectivity index (χ1) is 10.5. The number of thiazole rings is 1. The van der Waals surface area contributed by atoms with Crippen molar-refractivity contribution in [2.24, 2.45) is 0 Å². The first-order valence-corrected chi connectivity index (χ1v) is 8.17. The van der Waals surface area contributed by atoms with Gasteiger partial charge in [-0.2, -0.15) is 0 Å². The van der Waals surface area contributed by atoms with Crippen molar-refractivity contribution >= 4 is 23.1 Å². The highest BCUT2D eigenvalue weighted by molar-refractivity contribution is 7.11. The van der Waals surface area contributed by atoms with E-state index in [0.717, 1.165) is 30.9 Å². The quantitative estimate of drug-likeness (QED) is 0.941. The molecule has 3 heterocycles. The van der Waals surface area contributed by atoms with Crippen LogP contribution in [0.15, 0.2) is 17.8 Å². The van der Waals surface area contributed by atoms with Crippen LogP contribution in [0, 0.1) is 6.92 Å². The van der Waals surface area contributed by atoms with Crippen molar-refractivity contribution in [1.82, 2.24) is 19.9 Å². The van der Waals surface area contributed by atoms with E-state index >= 15 is 0 Å². The molecule has 1 N–H and O–H groups in total. The molecule has 2 aromatic heterocycles. The Bertz CT molecular complexity index is 687. The maximum atomic E-state index is 12.8. The maximum absolute atomic E-state index is 12.8. The fourth-order valence-electron chi connectivity index (χ4n) is 2.91. The molecule has 0 aliphatic carbocycles. The summed E-state index contributed by atoms with van der Waals surface area (Å²) in [5.74, 6) is 1.49. The number of hydrogen-bond donors (Lipinski definition) is 1. The van der Waals surface area contributed by atoms with Gasteiger partial charge in [-0.15, -0.1) is 11.3 Å². The minimum atomic E-state index is -0.474. The monoisotopic (exact) mass is 317 g/mol. The summed E-state index contributed by atoms with van der Waals surface area (Å²) in [6.07, 6.45) is 3.44. The second kappa shape index (κ2) is 5.64. The van der Waals surface area contributed by atoms with Crippen molar-refractivity contribution in [3.63, 3.8) is 0 Å². The van der Waals surface area contributed by atoms with Gasteiger partial charge in [-0.1, -0.05) is 0 Å². The van der Waals surface area contributed by atoms with Crippen molar-refractivity contribution < 1.29 is 4.79 Å². The number of carbonyl (C=O) groups excluding carboxylic acids is 1. The number of aryl methyl sites for hydroxylation is 1. The lowest BCUT2D eigenvalue weighted by Crippen LogP contribution is -2.44. The number of carbonyl (C=O) groups is 1. The molecule has 0 aromatic carbocycles. The van der Waals surface area contributed by atoms with E-state index in [0.29, 0.717) is 10.7 Å². The Morgan fingerprint density at radius 1 is 1.45 bits per heavy atom. The summed E-state index contributed by atoms with van der Waals surface area (Å²) in [5.41, 5.74) is 2.11. The van der Waals surface area contributed by atoms with Gasteiger partial charge in [-0.05, 0) is 26.7 Å². The van der Waals surface area contributed by atoms with Crippen molar-refractivity contribution in [2.75, 3.05) is 18.9 Å². The number of anilines is 1. The van der Waals surface area contributed by atoms with Crippen LogP contribution in [-0.4, -0.2) is 39.4 Å². The maximum Gasteiger partial charge on any atom is 0.266 e. The molecule has 0 radical (unpaired) electrons. The van der Waals surface area contributed by atoms with E-state index < -0.39 is 5.54 Å². The van der Waals surface area contributed by atoms with Crippen LogP contribution in [0.5, 0.6) is 0 Å². The van der Waals surface area contributed by atoms with E-state index in [2.05, 4.69) is 20.3 Å². The molecule has 1 fully saturated rings. The summed E-state index contributed by atoms with van der Waals surface area (Å²) in [7, 11) is 1.84. The summed E-state index contributed by atoms with van der Waals surface area (Å²) < 4.78 is 0. The van der Waals surface area contributed by atoms with Crippen LogP contribution in [0.25, 0.3) is 0 Å². The minimum absolute atomic E-state index is 0.0126. The van der Waals surface area contributed by atoms with E-state index in [9.17, 15) is 4.79 Å². The minimum Gasteiger partial charge on any atom is -0.373 e. The third-order valence-electron chi connectivity index (χ3n) is 4.12. The fourth-order valence-corrected chi connectivity index (χ4v) is 3.48. The zero-order valence-electron chi connectivity index (χ0n) is 13.0. The molecule has 1 aliphatic heterocycles. The van der Waals surface area contributed by atoms with E-state index in [1.165, 1.54) is 11.3 Å². The van der Waals surface area contributed by atoms with Crippen LogP contribution in [0.2, 0.25) is 0 Å². The zero-order valence-corrected chi connectivity index (χ0v) is 13.8. The Kier molecular flexibility index (Phi) is 3.82. The van der Waals surface area contributed by atoms with Gasteiger partial charge in [-0.25, -0.2) is 9.97 Å². The Balaban J connectivity index is 2.00. The van der Waals surface area contributed by atoms with E-state index in [4.69, 9.17) is 0 Å². The van der Waals surface area contributed by atoms with Crippen molar-refractivity contribution in [2.45, 2.75) is 32.2 Å². The topological polar surface area (TPSA) is 71.0 Å². The summed E-state index contributed by atoms with van der Waals surface area (Å²) in [6, 6.07) is 1.90. The molecule has 22 heavy (non-hydrogen) atoms. The molecular weight excluding hydrogens is 298 g/mol. The van der Waals surface area contributed by atoms with Gasteiger partial charge in [0.05, 0.1) is 11.7 Å². The number of amides is 1. The predicted octanol–water partition coefficient (Wildman–Crippen LogP) is 2.43. The van der Waals surface area contributed by atoms with Gasteiger partial charge in [0.2, 0.25) is 0 Å². The van der Waals surface area contributed by atoms with Crippen molar-refractivity contribution in [3.05, 3.63) is 34.2 Å². The van der Waals surface area contributed by atoms with E-state index in [1.807, 2.05) is 31.9 Å². The average molecular weight is 317 g/mol. The Morgan fingerprint density at radius 3 is 2.95 bits per heavy atom. The number of hydrogen-bond acceptors (Lipinski definition) is 6. The summed E-state index contributed by atoms with van der Waals surface area (Å²) in [5, 5.41) is 3.06. The van der Waals surface area contributed by atoms with Gasteiger partial charge in [0.25, 0.3) is 5.91 Å². The molecule has 0 bridgehead atoms. The van der Waals surface area contributed by atoms with Gasteiger partial charge in [0, 0.05) is 25.4 Å². The molecule has 1 atom stereocenters. The van der Waals surface area contributed by atoms with Crippen LogP contribution >= 0.6 is 11.3 Å². The molecule has 0 saturated carbocycles. The van der Waals surface area contributed by atoms with E-state index in [-0.39, 0.29) is 5.91 Å². The number of likely N-dealkylation sites (tertiary alicyclic amines) is 1. The van der Waals surface area contributed by atoms with Crippen LogP contribution in [0.4, 0.5) is 5.82 Å². The number of nitrogens with zero attached hydrogens (tertiary/aromatic N) is 4. The lowest BCUT2D eigenvalue weighted by atomic mass is 9.97. The average Bonchev–Trinajstić information content (AvgIpc) is 3.16. The molecule has 1 saturated heterocycles. The number of rotatable bonds is 3. The second-order valence-electron chi connectivity index (χ2n) is 5.67. The van der Waals surface area contributed by atoms with Gasteiger partial charge >= 0.3 is 0 Å². The first-order valence-electron chi connectivity index (χ1n) is 7.29. The SMILES string of the molecule is CNc1cc(C)nc([C@@]2(C)CCCN2C(=O)c2cncs2)n1. The third-order valence-corrected chi connectivity index (χ3v) is 4.88. The molecule has 1 aliphatic rings. The third kappa shape index (κ3) is 2.45. The summed E-state index contributed by atoms with van der Waals surface area (Å²) in [4.78, 5) is 28.5. The summed E-state index contributed by atoms with van der Waals surface area (Å²) >= 11 is 1.37. The van der Waals surface area contributed by atoms with Gasteiger partial charge < -0.3 is 10.2 Å².